The molecule has 0 aliphatic rings. The Morgan fingerprint density at radius 3 is 2.51 bits per heavy atom. The van der Waals surface area contributed by atoms with E-state index in [0.717, 1.165) is 32.7 Å². The minimum atomic E-state index is 0.255. The van der Waals surface area contributed by atoms with E-state index in [-0.39, 0.29) is 11.3 Å². The third-order valence-electron chi connectivity index (χ3n) is 5.69. The number of aromatic nitrogens is 5. The van der Waals surface area contributed by atoms with Crippen molar-refractivity contribution in [2.45, 2.75) is 6.54 Å². The molecule has 0 atom stereocenters. The number of hydrogen-bond donors (Lipinski definition) is 2. The van der Waals surface area contributed by atoms with Crippen LogP contribution in [-0.4, -0.2) is 31.1 Å². The van der Waals surface area contributed by atoms with Crippen molar-refractivity contribution in [3.8, 4) is 0 Å². The predicted octanol–water partition coefficient (Wildman–Crippen LogP) is 6.51. The van der Waals surface area contributed by atoms with E-state index in [2.05, 4.69) is 52.8 Å². The molecule has 0 unspecified atom stereocenters. The Labute approximate surface area is 220 Å². The first-order valence-electron chi connectivity index (χ1n) is 11.3. The van der Waals surface area contributed by atoms with Crippen LogP contribution >= 0.6 is 23.2 Å². The van der Waals surface area contributed by atoms with Gasteiger partial charge in [-0.1, -0.05) is 65.7 Å². The number of rotatable bonds is 7. The minimum absolute atomic E-state index is 0.255. The summed E-state index contributed by atoms with van der Waals surface area (Å²) in [6.07, 6.45) is 3.78. The van der Waals surface area contributed by atoms with E-state index < -0.39 is 0 Å². The van der Waals surface area contributed by atoms with Gasteiger partial charge in [0, 0.05) is 44.9 Å². The van der Waals surface area contributed by atoms with Gasteiger partial charge in [-0.15, -0.1) is 0 Å². The van der Waals surface area contributed by atoms with Gasteiger partial charge < -0.3 is 9.88 Å². The van der Waals surface area contributed by atoms with Crippen LogP contribution in [0.2, 0.25) is 10.0 Å². The topological polar surface area (TPSA) is 106 Å². The van der Waals surface area contributed by atoms with Gasteiger partial charge >= 0.3 is 0 Å². The smallest absolute Gasteiger partial charge is 0.245 e. The first kappa shape index (κ1) is 23.0. The molecule has 3 heterocycles. The van der Waals surface area contributed by atoms with E-state index in [1.54, 1.807) is 18.3 Å². The number of nitrogens with zero attached hydrogens (tertiary/aromatic N) is 6. The Morgan fingerprint density at radius 1 is 0.892 bits per heavy atom. The Hall–Kier alpha value is -4.47. The van der Waals surface area contributed by atoms with Crippen molar-refractivity contribution in [2.24, 2.45) is 5.10 Å². The highest BCUT2D eigenvalue weighted by molar-refractivity contribution is 6.31. The highest BCUT2D eigenvalue weighted by Crippen LogP contribution is 2.26. The summed E-state index contributed by atoms with van der Waals surface area (Å²) in [5.41, 5.74) is 7.26. The van der Waals surface area contributed by atoms with E-state index in [9.17, 15) is 0 Å². The lowest BCUT2D eigenvalue weighted by molar-refractivity contribution is 0.314. The molecule has 6 rings (SSSR count). The van der Waals surface area contributed by atoms with E-state index in [4.69, 9.17) is 27.8 Å². The van der Waals surface area contributed by atoms with Crippen LogP contribution in [0.25, 0.3) is 22.2 Å². The maximum Gasteiger partial charge on any atom is 0.245 e. The number of benzene rings is 3. The van der Waals surface area contributed by atoms with Gasteiger partial charge in [0.2, 0.25) is 11.3 Å². The Bertz CT molecular complexity index is 1760. The van der Waals surface area contributed by atoms with Crippen molar-refractivity contribution in [3.63, 3.8) is 0 Å². The van der Waals surface area contributed by atoms with Gasteiger partial charge in [0.25, 0.3) is 0 Å². The van der Waals surface area contributed by atoms with Crippen molar-refractivity contribution in [1.29, 1.82) is 0 Å². The van der Waals surface area contributed by atoms with Crippen LogP contribution in [0.1, 0.15) is 11.1 Å². The number of anilines is 3. The number of fused-ring (bicyclic) bond motifs is 2. The lowest BCUT2D eigenvalue weighted by Gasteiger charge is -2.09. The molecule has 11 heteroatoms. The van der Waals surface area contributed by atoms with Crippen LogP contribution in [0.4, 0.5) is 17.3 Å². The summed E-state index contributed by atoms with van der Waals surface area (Å²) in [4.78, 5) is 8.91. The third kappa shape index (κ3) is 4.82. The number of nitrogens with one attached hydrogen (secondary N) is 2. The van der Waals surface area contributed by atoms with Crippen LogP contribution in [0.3, 0.4) is 0 Å². The van der Waals surface area contributed by atoms with E-state index in [1.165, 1.54) is 0 Å². The molecule has 0 saturated heterocycles. The molecule has 6 aromatic rings. The van der Waals surface area contributed by atoms with Crippen LogP contribution < -0.4 is 10.7 Å². The second kappa shape index (κ2) is 9.88. The summed E-state index contributed by atoms with van der Waals surface area (Å²) in [7, 11) is 0. The molecule has 9 nitrogen and oxygen atoms in total. The van der Waals surface area contributed by atoms with Gasteiger partial charge in [-0.05, 0) is 46.2 Å². The van der Waals surface area contributed by atoms with Crippen molar-refractivity contribution >= 4 is 68.9 Å². The zero-order chi connectivity index (χ0) is 25.2. The molecule has 0 aliphatic carbocycles. The highest BCUT2D eigenvalue weighted by Gasteiger charge is 2.13. The largest absolute Gasteiger partial charge is 0.342 e. The first-order chi connectivity index (χ1) is 18.1. The van der Waals surface area contributed by atoms with E-state index in [0.29, 0.717) is 23.2 Å². The third-order valence-corrected chi connectivity index (χ3v) is 6.30. The van der Waals surface area contributed by atoms with Gasteiger partial charge in [-0.2, -0.15) is 10.1 Å². The average Bonchev–Trinajstić information content (AvgIpc) is 3.50. The summed E-state index contributed by atoms with van der Waals surface area (Å²) in [6, 6.07) is 23.2. The summed E-state index contributed by atoms with van der Waals surface area (Å²) >= 11 is 12.5. The summed E-state index contributed by atoms with van der Waals surface area (Å²) in [6.45, 7) is 0.635. The zero-order valence-electron chi connectivity index (χ0n) is 19.1. The van der Waals surface area contributed by atoms with Crippen molar-refractivity contribution in [1.82, 2.24) is 24.8 Å². The van der Waals surface area contributed by atoms with Crippen LogP contribution in [-0.2, 0) is 6.54 Å². The molecular weight excluding hydrogens is 511 g/mol. The van der Waals surface area contributed by atoms with Gasteiger partial charge in [0.05, 0.1) is 6.21 Å². The molecule has 2 N–H and O–H groups in total. The van der Waals surface area contributed by atoms with Crippen molar-refractivity contribution in [3.05, 3.63) is 100 Å². The molecule has 0 fully saturated rings. The number of hydrogen-bond acceptors (Lipinski definition) is 8. The van der Waals surface area contributed by atoms with Gasteiger partial charge in [-0.25, -0.2) is 9.61 Å². The van der Waals surface area contributed by atoms with Crippen LogP contribution in [0.5, 0.6) is 0 Å². The van der Waals surface area contributed by atoms with Crippen LogP contribution in [0.15, 0.2) is 88.7 Å². The van der Waals surface area contributed by atoms with E-state index >= 15 is 0 Å². The molecule has 182 valence electrons. The SMILES string of the molecule is Clc1cccc(Nc2nc3nonc3nc2N/N=C\c2cn(Cc3ccccc3Cl)c3ccccc23)c1. The predicted molar refractivity (Wildman–Crippen MR) is 146 cm³/mol. The van der Waals surface area contributed by atoms with Crippen LogP contribution in [0, 0.1) is 0 Å². The Morgan fingerprint density at radius 2 is 1.68 bits per heavy atom. The maximum absolute atomic E-state index is 6.41. The standard InChI is InChI=1S/C26H18Cl2N8O/c27-18-7-5-8-19(12-18)30-23-24(32-26-25(31-23)34-37-35-26)33-29-13-17-15-36(22-11-4-2-9-20(17)22)14-16-6-1-3-10-21(16)28/h1-13,15H,14H2,(H,30,31,34)(H,32,33,35)/b29-13-. The van der Waals surface area contributed by atoms with Crippen molar-refractivity contribution in [2.75, 3.05) is 10.7 Å². The van der Waals surface area contributed by atoms with Gasteiger partial charge in [0.15, 0.2) is 11.6 Å². The molecule has 3 aromatic heterocycles. The first-order valence-corrected chi connectivity index (χ1v) is 12.0. The number of para-hydroxylation sites is 1. The Kier molecular flexibility index (Phi) is 6.13. The summed E-state index contributed by atoms with van der Waals surface area (Å²) < 4.78 is 6.92. The number of halogens is 2. The molecule has 37 heavy (non-hydrogen) atoms. The molecule has 0 aliphatic heterocycles. The Balaban J connectivity index is 1.31. The average molecular weight is 529 g/mol. The summed E-state index contributed by atoms with van der Waals surface area (Å²) in [5, 5.41) is 17.6. The van der Waals surface area contributed by atoms with Gasteiger partial charge in [-0.3, -0.25) is 5.43 Å². The molecular formula is C26H18Cl2N8O. The highest BCUT2D eigenvalue weighted by atomic mass is 35.5. The lowest BCUT2D eigenvalue weighted by atomic mass is 10.2. The fourth-order valence-corrected chi connectivity index (χ4v) is 4.37. The summed E-state index contributed by atoms with van der Waals surface area (Å²) in [5.74, 6) is 0.739. The quantitative estimate of drug-likeness (QED) is 0.179. The lowest BCUT2D eigenvalue weighted by Crippen LogP contribution is -2.03. The molecule has 0 spiro atoms. The monoisotopic (exact) mass is 528 g/mol. The second-order valence-electron chi connectivity index (χ2n) is 8.16. The van der Waals surface area contributed by atoms with E-state index in [1.807, 2.05) is 54.7 Å². The molecule has 0 amide bonds. The normalized spacial score (nSPS) is 11.5. The second-order valence-corrected chi connectivity index (χ2v) is 9.00. The molecule has 3 aromatic carbocycles. The molecule has 0 saturated carbocycles. The molecule has 0 bridgehead atoms. The fraction of sp³-hybridized carbons (Fsp3) is 0.0385. The fourth-order valence-electron chi connectivity index (χ4n) is 3.99. The van der Waals surface area contributed by atoms with Gasteiger partial charge in [0.1, 0.15) is 0 Å². The molecule has 0 radical (unpaired) electrons. The van der Waals surface area contributed by atoms with Crippen molar-refractivity contribution < 1.29 is 4.63 Å². The maximum atomic E-state index is 6.41. The number of hydrazone groups is 1. The zero-order valence-corrected chi connectivity index (χ0v) is 20.6. The minimum Gasteiger partial charge on any atom is -0.342 e.